The largest absolute Gasteiger partial charge is 0.394 e. The molecule has 3 N–H and O–H groups in total. The Balaban J connectivity index is 2.54. The quantitative estimate of drug-likeness (QED) is 0.648. The molecule has 0 heterocycles. The number of aliphatic hydroxyl groups is 1. The second-order valence-corrected chi connectivity index (χ2v) is 4.30. The third-order valence-corrected chi connectivity index (χ3v) is 2.74. The Hall–Kier alpha value is -1.10. The Morgan fingerprint density at radius 1 is 1.28 bits per heavy atom. The lowest BCUT2D eigenvalue weighted by Gasteiger charge is -2.25. The van der Waals surface area contributed by atoms with Crippen LogP contribution in [-0.4, -0.2) is 44.6 Å². The maximum absolute atomic E-state index is 8.67. The van der Waals surface area contributed by atoms with Crippen LogP contribution >= 0.6 is 0 Å². The summed E-state index contributed by atoms with van der Waals surface area (Å²) in [4.78, 5) is 2.28. The zero-order valence-corrected chi connectivity index (χ0v) is 11.1. The van der Waals surface area contributed by atoms with E-state index >= 15 is 0 Å². The fraction of sp³-hybridized carbons (Fsp3) is 0.571. The Morgan fingerprint density at radius 2 is 2.11 bits per heavy atom. The maximum atomic E-state index is 8.67. The van der Waals surface area contributed by atoms with Crippen molar-refractivity contribution in [1.29, 1.82) is 0 Å². The number of nitrogens with zero attached hydrogens (tertiary/aromatic N) is 1. The van der Waals surface area contributed by atoms with Gasteiger partial charge in [0.2, 0.25) is 0 Å². The SMILES string of the molecule is Cc1cccc(N(CCCN)CCOCCO)c1. The molecule has 0 saturated carbocycles. The fourth-order valence-corrected chi connectivity index (χ4v) is 1.82. The minimum Gasteiger partial charge on any atom is -0.394 e. The highest BCUT2D eigenvalue weighted by atomic mass is 16.5. The minimum absolute atomic E-state index is 0.0766. The molecule has 4 heteroatoms. The van der Waals surface area contributed by atoms with Crippen LogP contribution in [0, 0.1) is 6.92 Å². The summed E-state index contributed by atoms with van der Waals surface area (Å²) in [7, 11) is 0. The number of benzene rings is 1. The summed E-state index contributed by atoms with van der Waals surface area (Å²) in [6.45, 7) is 5.64. The van der Waals surface area contributed by atoms with E-state index in [4.69, 9.17) is 15.6 Å². The minimum atomic E-state index is 0.0766. The van der Waals surface area contributed by atoms with Gasteiger partial charge < -0.3 is 20.5 Å². The number of hydrogen-bond donors (Lipinski definition) is 2. The van der Waals surface area contributed by atoms with Crippen LogP contribution in [0.25, 0.3) is 0 Å². The van der Waals surface area contributed by atoms with Crippen molar-refractivity contribution in [2.24, 2.45) is 5.73 Å². The third kappa shape index (κ3) is 5.49. The molecule has 0 fully saturated rings. The summed E-state index contributed by atoms with van der Waals surface area (Å²) in [6, 6.07) is 8.43. The first-order valence-electron chi connectivity index (χ1n) is 6.48. The van der Waals surface area contributed by atoms with Crippen molar-refractivity contribution in [3.63, 3.8) is 0 Å². The van der Waals surface area contributed by atoms with E-state index in [1.807, 2.05) is 0 Å². The van der Waals surface area contributed by atoms with Gasteiger partial charge in [-0.1, -0.05) is 12.1 Å². The predicted octanol–water partition coefficient (Wildman–Crippen LogP) is 1.16. The maximum Gasteiger partial charge on any atom is 0.0698 e. The van der Waals surface area contributed by atoms with E-state index in [1.165, 1.54) is 11.3 Å². The lowest BCUT2D eigenvalue weighted by Crippen LogP contribution is -2.30. The van der Waals surface area contributed by atoms with Gasteiger partial charge in [0, 0.05) is 18.8 Å². The molecule has 0 amide bonds. The molecule has 0 aliphatic heterocycles. The molecule has 0 saturated heterocycles. The van der Waals surface area contributed by atoms with Gasteiger partial charge >= 0.3 is 0 Å². The summed E-state index contributed by atoms with van der Waals surface area (Å²) >= 11 is 0. The van der Waals surface area contributed by atoms with Crippen molar-refractivity contribution in [3.8, 4) is 0 Å². The van der Waals surface area contributed by atoms with Gasteiger partial charge in [-0.3, -0.25) is 0 Å². The summed E-state index contributed by atoms with van der Waals surface area (Å²) in [5.41, 5.74) is 8.03. The number of rotatable bonds is 9. The van der Waals surface area contributed by atoms with Crippen LogP contribution in [0.4, 0.5) is 5.69 Å². The molecular weight excluding hydrogens is 228 g/mol. The van der Waals surface area contributed by atoms with Crippen LogP contribution in [0.1, 0.15) is 12.0 Å². The van der Waals surface area contributed by atoms with E-state index in [0.717, 1.165) is 19.5 Å². The number of aryl methyl sites for hydroxylation is 1. The first-order valence-corrected chi connectivity index (χ1v) is 6.48. The fourth-order valence-electron chi connectivity index (χ4n) is 1.82. The molecule has 0 bridgehead atoms. The van der Waals surface area contributed by atoms with Crippen LogP contribution in [-0.2, 0) is 4.74 Å². The predicted molar refractivity (Wildman–Crippen MR) is 75.0 cm³/mol. The van der Waals surface area contributed by atoms with E-state index in [-0.39, 0.29) is 6.61 Å². The first kappa shape index (κ1) is 15.0. The van der Waals surface area contributed by atoms with Gasteiger partial charge in [0.05, 0.1) is 19.8 Å². The second-order valence-electron chi connectivity index (χ2n) is 4.30. The Morgan fingerprint density at radius 3 is 2.78 bits per heavy atom. The van der Waals surface area contributed by atoms with Gasteiger partial charge in [0.1, 0.15) is 0 Å². The molecule has 0 radical (unpaired) electrons. The van der Waals surface area contributed by atoms with Crippen LogP contribution in [0.2, 0.25) is 0 Å². The van der Waals surface area contributed by atoms with Crippen LogP contribution in [0.3, 0.4) is 0 Å². The molecule has 0 unspecified atom stereocenters. The highest BCUT2D eigenvalue weighted by molar-refractivity contribution is 5.48. The molecule has 18 heavy (non-hydrogen) atoms. The number of aliphatic hydroxyl groups excluding tert-OH is 1. The van der Waals surface area contributed by atoms with E-state index < -0.39 is 0 Å². The van der Waals surface area contributed by atoms with E-state index in [2.05, 4.69) is 36.1 Å². The van der Waals surface area contributed by atoms with Gasteiger partial charge in [0.25, 0.3) is 0 Å². The lowest BCUT2D eigenvalue weighted by atomic mass is 10.2. The molecule has 0 aliphatic carbocycles. The van der Waals surface area contributed by atoms with Crippen molar-refractivity contribution in [2.75, 3.05) is 44.4 Å². The molecule has 0 spiro atoms. The van der Waals surface area contributed by atoms with Crippen molar-refractivity contribution < 1.29 is 9.84 Å². The molecule has 0 aliphatic rings. The van der Waals surface area contributed by atoms with E-state index in [1.54, 1.807) is 0 Å². The number of anilines is 1. The number of ether oxygens (including phenoxy) is 1. The summed E-state index contributed by atoms with van der Waals surface area (Å²) in [5, 5.41) is 8.67. The molecule has 0 atom stereocenters. The highest BCUT2D eigenvalue weighted by Crippen LogP contribution is 2.15. The summed E-state index contributed by atoms with van der Waals surface area (Å²) in [5.74, 6) is 0. The van der Waals surface area contributed by atoms with Gasteiger partial charge in [-0.25, -0.2) is 0 Å². The average Bonchev–Trinajstić information content (AvgIpc) is 2.38. The van der Waals surface area contributed by atoms with Crippen LogP contribution in [0.15, 0.2) is 24.3 Å². The topological polar surface area (TPSA) is 58.7 Å². The molecule has 4 nitrogen and oxygen atoms in total. The number of nitrogens with two attached hydrogens (primary N) is 1. The zero-order chi connectivity index (χ0) is 13.2. The molecular formula is C14H24N2O2. The first-order chi connectivity index (χ1) is 8.77. The zero-order valence-electron chi connectivity index (χ0n) is 11.1. The molecule has 0 aromatic heterocycles. The molecule has 1 aromatic rings. The normalized spacial score (nSPS) is 10.6. The van der Waals surface area contributed by atoms with Gasteiger partial charge in [-0.05, 0) is 37.6 Å². The second kappa shape index (κ2) is 8.91. The monoisotopic (exact) mass is 252 g/mol. The van der Waals surface area contributed by atoms with Gasteiger partial charge in [-0.15, -0.1) is 0 Å². The summed E-state index contributed by atoms with van der Waals surface area (Å²) in [6.07, 6.45) is 0.966. The van der Waals surface area contributed by atoms with Crippen molar-refractivity contribution in [3.05, 3.63) is 29.8 Å². The van der Waals surface area contributed by atoms with E-state index in [0.29, 0.717) is 19.8 Å². The molecule has 1 rings (SSSR count). The van der Waals surface area contributed by atoms with Gasteiger partial charge in [0.15, 0.2) is 0 Å². The smallest absolute Gasteiger partial charge is 0.0698 e. The standard InChI is InChI=1S/C14H24N2O2/c1-13-4-2-5-14(12-13)16(7-3-6-15)8-10-18-11-9-17/h2,4-5,12,17H,3,6-11,15H2,1H3. The number of hydrogen-bond acceptors (Lipinski definition) is 4. The molecule has 1 aromatic carbocycles. The third-order valence-electron chi connectivity index (χ3n) is 2.74. The van der Waals surface area contributed by atoms with Crippen molar-refractivity contribution >= 4 is 5.69 Å². The Bertz CT molecular complexity index is 331. The Labute approximate surface area is 109 Å². The van der Waals surface area contributed by atoms with Crippen LogP contribution in [0.5, 0.6) is 0 Å². The van der Waals surface area contributed by atoms with Gasteiger partial charge in [-0.2, -0.15) is 0 Å². The molecule has 102 valence electrons. The average molecular weight is 252 g/mol. The van der Waals surface area contributed by atoms with Crippen LogP contribution < -0.4 is 10.6 Å². The summed E-state index contributed by atoms with van der Waals surface area (Å²) < 4.78 is 5.32. The van der Waals surface area contributed by atoms with E-state index in [9.17, 15) is 0 Å². The highest BCUT2D eigenvalue weighted by Gasteiger charge is 2.05. The Kier molecular flexibility index (Phi) is 7.41. The van der Waals surface area contributed by atoms with Crippen molar-refractivity contribution in [1.82, 2.24) is 0 Å². The van der Waals surface area contributed by atoms with Crippen molar-refractivity contribution in [2.45, 2.75) is 13.3 Å². The lowest BCUT2D eigenvalue weighted by molar-refractivity contribution is 0.0966.